The number of nitrogens with one attached hydrogen (secondary N) is 1. The lowest BCUT2D eigenvalue weighted by molar-refractivity contribution is 0.327. The fraction of sp³-hybridized carbons (Fsp3) is 0.600. The summed E-state index contributed by atoms with van der Waals surface area (Å²) in [6.45, 7) is 4.09. The van der Waals surface area contributed by atoms with Crippen LogP contribution >= 0.6 is 0 Å². The van der Waals surface area contributed by atoms with E-state index in [4.69, 9.17) is 0 Å². The molecule has 0 aromatic heterocycles. The van der Waals surface area contributed by atoms with Crippen LogP contribution in [0.2, 0.25) is 0 Å². The Labute approximate surface area is 103 Å². The van der Waals surface area contributed by atoms with Gasteiger partial charge in [0.15, 0.2) is 0 Å². The number of halogens is 1. The Bertz CT molecular complexity index is 375. The van der Waals surface area contributed by atoms with E-state index in [0.29, 0.717) is 6.04 Å². The number of hydrogen-bond acceptors (Lipinski definition) is 1. The van der Waals surface area contributed by atoms with Crippen molar-refractivity contribution in [3.8, 4) is 0 Å². The van der Waals surface area contributed by atoms with Gasteiger partial charge in [-0.15, -0.1) is 0 Å². The predicted molar refractivity (Wildman–Crippen MR) is 70.8 cm³/mol. The summed E-state index contributed by atoms with van der Waals surface area (Å²) in [5, 5.41) is 3.55. The average Bonchev–Trinajstić information content (AvgIpc) is 2.34. The maximum Gasteiger partial charge on any atom is 0.126 e. The van der Waals surface area contributed by atoms with Crippen molar-refractivity contribution in [3.63, 3.8) is 0 Å². The van der Waals surface area contributed by atoms with E-state index in [0.717, 1.165) is 17.2 Å². The second-order valence-electron chi connectivity index (χ2n) is 5.25. The molecule has 0 spiro atoms. The number of anilines is 1. The zero-order valence-electron chi connectivity index (χ0n) is 10.8. The van der Waals surface area contributed by atoms with E-state index in [1.165, 1.54) is 32.1 Å². The van der Waals surface area contributed by atoms with E-state index in [2.05, 4.69) is 12.2 Å². The molecule has 1 nitrogen and oxygen atoms in total. The van der Waals surface area contributed by atoms with Crippen molar-refractivity contribution in [3.05, 3.63) is 29.6 Å². The molecule has 1 aliphatic rings. The third kappa shape index (κ3) is 3.21. The molecule has 1 aromatic rings. The van der Waals surface area contributed by atoms with Crippen LogP contribution in [0.1, 0.15) is 44.6 Å². The highest BCUT2D eigenvalue weighted by Crippen LogP contribution is 2.28. The highest BCUT2D eigenvalue weighted by atomic mass is 19.1. The summed E-state index contributed by atoms with van der Waals surface area (Å²) in [4.78, 5) is 0. The summed E-state index contributed by atoms with van der Waals surface area (Å²) in [7, 11) is 0. The quantitative estimate of drug-likeness (QED) is 0.812. The molecule has 1 aliphatic carbocycles. The smallest absolute Gasteiger partial charge is 0.126 e. The van der Waals surface area contributed by atoms with Crippen LogP contribution in [0.5, 0.6) is 0 Å². The number of benzene rings is 1. The number of hydrogen-bond donors (Lipinski definition) is 1. The first-order chi connectivity index (χ1) is 8.19. The third-order valence-corrected chi connectivity index (χ3v) is 3.89. The highest BCUT2D eigenvalue weighted by Gasteiger charge is 2.20. The summed E-state index contributed by atoms with van der Waals surface area (Å²) in [5.41, 5.74) is 1.78. The second-order valence-corrected chi connectivity index (χ2v) is 5.25. The Morgan fingerprint density at radius 2 is 2.18 bits per heavy atom. The first kappa shape index (κ1) is 12.4. The first-order valence-corrected chi connectivity index (χ1v) is 6.71. The van der Waals surface area contributed by atoms with Crippen LogP contribution in [0.25, 0.3) is 0 Å². The molecule has 1 aromatic carbocycles. The molecule has 2 rings (SSSR count). The lowest BCUT2D eigenvalue weighted by atomic mass is 9.84. The van der Waals surface area contributed by atoms with E-state index < -0.39 is 0 Å². The molecule has 2 unspecified atom stereocenters. The molecule has 1 saturated carbocycles. The van der Waals surface area contributed by atoms with Crippen LogP contribution in [0.15, 0.2) is 18.2 Å². The van der Waals surface area contributed by atoms with Gasteiger partial charge in [0.05, 0.1) is 0 Å². The monoisotopic (exact) mass is 235 g/mol. The second kappa shape index (κ2) is 5.52. The van der Waals surface area contributed by atoms with E-state index in [1.54, 1.807) is 6.07 Å². The predicted octanol–water partition coefficient (Wildman–Crippen LogP) is 4.51. The molecule has 0 aliphatic heterocycles. The van der Waals surface area contributed by atoms with Gasteiger partial charge in [0.2, 0.25) is 0 Å². The Morgan fingerprint density at radius 3 is 2.88 bits per heavy atom. The van der Waals surface area contributed by atoms with E-state index in [9.17, 15) is 4.39 Å². The van der Waals surface area contributed by atoms with Gasteiger partial charge in [-0.25, -0.2) is 4.39 Å². The molecule has 0 saturated heterocycles. The molecule has 0 radical (unpaired) electrons. The molecule has 0 heterocycles. The lowest BCUT2D eigenvalue weighted by Gasteiger charge is -2.30. The van der Waals surface area contributed by atoms with Crippen molar-refractivity contribution in [1.82, 2.24) is 0 Å². The van der Waals surface area contributed by atoms with Gasteiger partial charge in [0, 0.05) is 11.7 Å². The van der Waals surface area contributed by atoms with Gasteiger partial charge < -0.3 is 5.32 Å². The summed E-state index contributed by atoms with van der Waals surface area (Å²) in [5.74, 6) is 0.744. The molecule has 1 N–H and O–H groups in total. The molecular weight excluding hydrogens is 213 g/mol. The maximum atomic E-state index is 13.2. The third-order valence-electron chi connectivity index (χ3n) is 3.89. The topological polar surface area (TPSA) is 12.0 Å². The van der Waals surface area contributed by atoms with Gasteiger partial charge in [-0.05, 0) is 49.4 Å². The summed E-state index contributed by atoms with van der Waals surface area (Å²) in [6, 6.07) is 5.87. The van der Waals surface area contributed by atoms with Crippen LogP contribution in [0.3, 0.4) is 0 Å². The molecule has 0 bridgehead atoms. The first-order valence-electron chi connectivity index (χ1n) is 6.71. The van der Waals surface area contributed by atoms with Crippen molar-refractivity contribution in [2.45, 2.75) is 52.0 Å². The van der Waals surface area contributed by atoms with Crippen LogP contribution in [0, 0.1) is 18.7 Å². The Kier molecular flexibility index (Phi) is 4.03. The SMILES string of the molecule is CCC1CCCC(Nc2ccc(F)c(C)c2)C1. The van der Waals surface area contributed by atoms with Crippen molar-refractivity contribution >= 4 is 5.69 Å². The van der Waals surface area contributed by atoms with Gasteiger partial charge in [0.25, 0.3) is 0 Å². The molecule has 17 heavy (non-hydrogen) atoms. The van der Waals surface area contributed by atoms with E-state index in [-0.39, 0.29) is 5.82 Å². The minimum Gasteiger partial charge on any atom is -0.382 e. The van der Waals surface area contributed by atoms with Gasteiger partial charge in [-0.2, -0.15) is 0 Å². The molecule has 0 amide bonds. The van der Waals surface area contributed by atoms with Gasteiger partial charge in [-0.3, -0.25) is 0 Å². The Balaban J connectivity index is 1.97. The van der Waals surface area contributed by atoms with Crippen LogP contribution in [-0.4, -0.2) is 6.04 Å². The molecule has 2 heteroatoms. The highest BCUT2D eigenvalue weighted by molar-refractivity contribution is 5.46. The van der Waals surface area contributed by atoms with Gasteiger partial charge in [-0.1, -0.05) is 26.2 Å². The number of rotatable bonds is 3. The van der Waals surface area contributed by atoms with Crippen LogP contribution in [-0.2, 0) is 0 Å². The minimum absolute atomic E-state index is 0.120. The Morgan fingerprint density at radius 1 is 1.35 bits per heavy atom. The van der Waals surface area contributed by atoms with Crippen molar-refractivity contribution in [2.75, 3.05) is 5.32 Å². The molecule has 94 valence electrons. The fourth-order valence-electron chi connectivity index (χ4n) is 2.76. The van der Waals surface area contributed by atoms with E-state index in [1.807, 2.05) is 19.1 Å². The zero-order valence-corrected chi connectivity index (χ0v) is 10.8. The zero-order chi connectivity index (χ0) is 12.3. The van der Waals surface area contributed by atoms with Crippen molar-refractivity contribution in [2.24, 2.45) is 5.92 Å². The van der Waals surface area contributed by atoms with Gasteiger partial charge in [0.1, 0.15) is 5.82 Å². The maximum absolute atomic E-state index is 13.2. The van der Waals surface area contributed by atoms with Crippen LogP contribution in [0.4, 0.5) is 10.1 Å². The summed E-state index contributed by atoms with van der Waals surface area (Å²) >= 11 is 0. The average molecular weight is 235 g/mol. The largest absolute Gasteiger partial charge is 0.382 e. The van der Waals surface area contributed by atoms with Crippen molar-refractivity contribution in [1.29, 1.82) is 0 Å². The van der Waals surface area contributed by atoms with E-state index >= 15 is 0 Å². The molecular formula is C15H22FN. The van der Waals surface area contributed by atoms with Crippen molar-refractivity contribution < 1.29 is 4.39 Å². The van der Waals surface area contributed by atoms with Gasteiger partial charge >= 0.3 is 0 Å². The fourth-order valence-corrected chi connectivity index (χ4v) is 2.76. The molecule has 2 atom stereocenters. The lowest BCUT2D eigenvalue weighted by Crippen LogP contribution is -2.27. The standard InChI is InChI=1S/C15H22FN/c1-3-12-5-4-6-13(10-12)17-14-7-8-15(16)11(2)9-14/h7-9,12-13,17H,3-6,10H2,1-2H3. The van der Waals surface area contributed by atoms with Crippen LogP contribution < -0.4 is 5.32 Å². The summed E-state index contributed by atoms with van der Waals surface area (Å²) < 4.78 is 13.2. The minimum atomic E-state index is -0.120. The summed E-state index contributed by atoms with van der Waals surface area (Å²) in [6.07, 6.45) is 6.47. The number of aryl methyl sites for hydroxylation is 1. The molecule has 1 fully saturated rings. The Hall–Kier alpha value is -1.05. The normalized spacial score (nSPS) is 24.6.